The zero-order chi connectivity index (χ0) is 19.4. The van der Waals surface area contributed by atoms with Crippen LogP contribution in [0.2, 0.25) is 0 Å². The average molecular weight is 363 g/mol. The molecule has 0 atom stereocenters. The zero-order valence-electron chi connectivity index (χ0n) is 16.1. The Hall–Kier alpha value is -2.50. The van der Waals surface area contributed by atoms with E-state index >= 15 is 0 Å². The second-order valence-corrected chi connectivity index (χ2v) is 5.68. The van der Waals surface area contributed by atoms with Crippen molar-refractivity contribution in [3.8, 4) is 11.5 Å². The van der Waals surface area contributed by atoms with E-state index in [1.165, 1.54) is 6.08 Å². The van der Waals surface area contributed by atoms with Crippen molar-refractivity contribution in [1.82, 2.24) is 4.90 Å². The molecule has 0 N–H and O–H groups in total. The molecule has 0 fully saturated rings. The molecule has 0 saturated heterocycles. The summed E-state index contributed by atoms with van der Waals surface area (Å²) in [6, 6.07) is 5.44. The molecule has 26 heavy (non-hydrogen) atoms. The fourth-order valence-corrected chi connectivity index (χ4v) is 2.37. The summed E-state index contributed by atoms with van der Waals surface area (Å²) < 4.78 is 15.4. The lowest BCUT2D eigenvalue weighted by Gasteiger charge is -2.20. The van der Waals surface area contributed by atoms with Crippen molar-refractivity contribution in [2.45, 2.75) is 33.1 Å². The number of carbonyl (C=O) groups excluding carboxylic acids is 2. The van der Waals surface area contributed by atoms with E-state index in [2.05, 4.69) is 6.92 Å². The molecule has 0 heterocycles. The first kappa shape index (κ1) is 21.5. The van der Waals surface area contributed by atoms with Gasteiger partial charge in [0.05, 0.1) is 27.2 Å². The predicted octanol–water partition coefficient (Wildman–Crippen LogP) is 3.30. The first-order valence-electron chi connectivity index (χ1n) is 8.90. The topological polar surface area (TPSA) is 65.1 Å². The SMILES string of the molecule is CCCCN(CCC(=O)OCC)C(=O)/C=C/c1ccc(OC)c(OC)c1. The largest absolute Gasteiger partial charge is 0.493 e. The van der Waals surface area contributed by atoms with Crippen LogP contribution >= 0.6 is 0 Å². The molecule has 1 amide bonds. The van der Waals surface area contributed by atoms with Crippen molar-refractivity contribution < 1.29 is 23.8 Å². The number of amides is 1. The number of rotatable bonds is 11. The summed E-state index contributed by atoms with van der Waals surface area (Å²) in [6.07, 6.45) is 5.31. The molecule has 6 nitrogen and oxygen atoms in total. The number of hydrogen-bond donors (Lipinski definition) is 0. The van der Waals surface area contributed by atoms with Crippen molar-refractivity contribution in [3.63, 3.8) is 0 Å². The highest BCUT2D eigenvalue weighted by molar-refractivity contribution is 5.92. The monoisotopic (exact) mass is 363 g/mol. The van der Waals surface area contributed by atoms with Crippen LogP contribution in [0.4, 0.5) is 0 Å². The summed E-state index contributed by atoms with van der Waals surface area (Å²) >= 11 is 0. The third-order valence-corrected chi connectivity index (χ3v) is 3.81. The van der Waals surface area contributed by atoms with Crippen LogP contribution in [0, 0.1) is 0 Å². The highest BCUT2D eigenvalue weighted by atomic mass is 16.5. The number of hydrogen-bond acceptors (Lipinski definition) is 5. The standard InChI is InChI=1S/C20H29NO5/c1-5-7-13-21(14-12-20(23)26-6-2)19(22)11-9-16-8-10-17(24-3)18(15-16)25-4/h8-11,15H,5-7,12-14H2,1-4H3/b11-9+. The summed E-state index contributed by atoms with van der Waals surface area (Å²) in [7, 11) is 3.14. The molecule has 0 bridgehead atoms. The van der Waals surface area contributed by atoms with Gasteiger partial charge in [0.1, 0.15) is 0 Å². The molecule has 0 unspecified atom stereocenters. The van der Waals surface area contributed by atoms with Gasteiger partial charge in [-0.05, 0) is 37.1 Å². The minimum absolute atomic E-state index is 0.127. The number of benzene rings is 1. The van der Waals surface area contributed by atoms with Gasteiger partial charge in [-0.25, -0.2) is 0 Å². The second-order valence-electron chi connectivity index (χ2n) is 5.68. The molecule has 1 aromatic rings. The Bertz CT molecular complexity index is 612. The van der Waals surface area contributed by atoms with E-state index in [1.54, 1.807) is 44.3 Å². The van der Waals surface area contributed by atoms with Gasteiger partial charge in [0.2, 0.25) is 5.91 Å². The fourth-order valence-electron chi connectivity index (χ4n) is 2.37. The van der Waals surface area contributed by atoms with Gasteiger partial charge in [-0.2, -0.15) is 0 Å². The first-order chi connectivity index (χ1) is 12.5. The Morgan fingerprint density at radius 1 is 1.08 bits per heavy atom. The molecule has 6 heteroatoms. The molecule has 1 rings (SSSR count). The van der Waals surface area contributed by atoms with Crippen molar-refractivity contribution >= 4 is 18.0 Å². The zero-order valence-corrected chi connectivity index (χ0v) is 16.1. The maximum Gasteiger partial charge on any atom is 0.307 e. The summed E-state index contributed by atoms with van der Waals surface area (Å²) in [5.74, 6) is 0.824. The lowest BCUT2D eigenvalue weighted by atomic mass is 10.2. The van der Waals surface area contributed by atoms with Crippen molar-refractivity contribution in [3.05, 3.63) is 29.8 Å². The minimum Gasteiger partial charge on any atom is -0.493 e. The van der Waals surface area contributed by atoms with E-state index < -0.39 is 0 Å². The van der Waals surface area contributed by atoms with Crippen LogP contribution in [-0.4, -0.2) is 50.7 Å². The lowest BCUT2D eigenvalue weighted by Crippen LogP contribution is -2.32. The van der Waals surface area contributed by atoms with E-state index in [0.717, 1.165) is 18.4 Å². The third kappa shape index (κ3) is 7.17. The number of carbonyl (C=O) groups is 2. The van der Waals surface area contributed by atoms with Gasteiger partial charge >= 0.3 is 5.97 Å². The van der Waals surface area contributed by atoms with E-state index in [-0.39, 0.29) is 18.3 Å². The minimum atomic E-state index is -0.286. The molecule has 0 radical (unpaired) electrons. The van der Waals surface area contributed by atoms with Crippen LogP contribution in [-0.2, 0) is 14.3 Å². The van der Waals surface area contributed by atoms with Crippen LogP contribution in [0.1, 0.15) is 38.7 Å². The number of ether oxygens (including phenoxy) is 3. The Morgan fingerprint density at radius 2 is 1.81 bits per heavy atom. The van der Waals surface area contributed by atoms with E-state index in [9.17, 15) is 9.59 Å². The van der Waals surface area contributed by atoms with Crippen molar-refractivity contribution in [2.24, 2.45) is 0 Å². The maximum atomic E-state index is 12.5. The number of unbranched alkanes of at least 4 members (excludes halogenated alkanes) is 1. The predicted molar refractivity (Wildman–Crippen MR) is 101 cm³/mol. The van der Waals surface area contributed by atoms with E-state index in [1.807, 2.05) is 6.07 Å². The second kappa shape index (κ2) is 12.0. The van der Waals surface area contributed by atoms with Gasteiger partial charge in [-0.1, -0.05) is 19.4 Å². The summed E-state index contributed by atoms with van der Waals surface area (Å²) in [4.78, 5) is 25.7. The smallest absolute Gasteiger partial charge is 0.307 e. The van der Waals surface area contributed by atoms with Crippen molar-refractivity contribution in [1.29, 1.82) is 0 Å². The summed E-state index contributed by atoms with van der Waals surface area (Å²) in [5, 5.41) is 0. The molecular weight excluding hydrogens is 334 g/mol. The van der Waals surface area contributed by atoms with Gasteiger partial charge in [0.25, 0.3) is 0 Å². The molecule has 0 aromatic heterocycles. The van der Waals surface area contributed by atoms with Gasteiger partial charge < -0.3 is 19.1 Å². The Morgan fingerprint density at radius 3 is 2.42 bits per heavy atom. The van der Waals surface area contributed by atoms with E-state index in [0.29, 0.717) is 31.2 Å². The van der Waals surface area contributed by atoms with Crippen molar-refractivity contribution in [2.75, 3.05) is 33.9 Å². The van der Waals surface area contributed by atoms with Crippen LogP contribution in [0.5, 0.6) is 11.5 Å². The van der Waals surface area contributed by atoms with Gasteiger partial charge in [0, 0.05) is 19.2 Å². The first-order valence-corrected chi connectivity index (χ1v) is 8.90. The molecular formula is C20H29NO5. The molecule has 0 aliphatic heterocycles. The average Bonchev–Trinajstić information content (AvgIpc) is 2.66. The molecule has 0 spiro atoms. The normalized spacial score (nSPS) is 10.6. The maximum absolute atomic E-state index is 12.5. The van der Waals surface area contributed by atoms with Crippen LogP contribution in [0.15, 0.2) is 24.3 Å². The van der Waals surface area contributed by atoms with E-state index in [4.69, 9.17) is 14.2 Å². The van der Waals surface area contributed by atoms with Gasteiger partial charge in [-0.15, -0.1) is 0 Å². The number of methoxy groups -OCH3 is 2. The Labute approximate surface area is 155 Å². The molecule has 0 aliphatic rings. The highest BCUT2D eigenvalue weighted by Crippen LogP contribution is 2.27. The molecule has 1 aromatic carbocycles. The van der Waals surface area contributed by atoms with Gasteiger partial charge in [-0.3, -0.25) is 9.59 Å². The summed E-state index contributed by atoms with van der Waals surface area (Å²) in [6.45, 7) is 5.15. The quantitative estimate of drug-likeness (QED) is 0.446. The Balaban J connectivity index is 2.77. The highest BCUT2D eigenvalue weighted by Gasteiger charge is 2.13. The van der Waals surface area contributed by atoms with Crippen LogP contribution in [0.3, 0.4) is 0 Å². The summed E-state index contributed by atoms with van der Waals surface area (Å²) in [5.41, 5.74) is 0.830. The molecule has 144 valence electrons. The fraction of sp³-hybridized carbons (Fsp3) is 0.500. The molecule has 0 saturated carbocycles. The molecule has 0 aliphatic carbocycles. The lowest BCUT2D eigenvalue weighted by molar-refractivity contribution is -0.143. The van der Waals surface area contributed by atoms with Crippen LogP contribution in [0.25, 0.3) is 6.08 Å². The number of nitrogens with zero attached hydrogens (tertiary/aromatic N) is 1. The van der Waals surface area contributed by atoms with Gasteiger partial charge in [0.15, 0.2) is 11.5 Å². The number of esters is 1. The Kier molecular flexibility index (Phi) is 9.90. The van der Waals surface area contributed by atoms with Crippen LogP contribution < -0.4 is 9.47 Å². The third-order valence-electron chi connectivity index (χ3n) is 3.81.